The van der Waals surface area contributed by atoms with Gasteiger partial charge in [0, 0.05) is 37.6 Å². The van der Waals surface area contributed by atoms with Crippen LogP contribution in [0, 0.1) is 0 Å². The summed E-state index contributed by atoms with van der Waals surface area (Å²) in [5.41, 5.74) is 1.10. The molecule has 6 heteroatoms. The van der Waals surface area contributed by atoms with Gasteiger partial charge in [-0.1, -0.05) is 6.07 Å². The van der Waals surface area contributed by atoms with Gasteiger partial charge in [-0.3, -0.25) is 4.79 Å². The van der Waals surface area contributed by atoms with Crippen molar-refractivity contribution in [1.29, 1.82) is 0 Å². The first-order valence-electron chi connectivity index (χ1n) is 7.18. The zero-order valence-electron chi connectivity index (χ0n) is 12.6. The first kappa shape index (κ1) is 17.0. The first-order valence-corrected chi connectivity index (χ1v) is 7.18. The summed E-state index contributed by atoms with van der Waals surface area (Å²) in [4.78, 5) is 23.4. The zero-order valence-corrected chi connectivity index (χ0v) is 12.6. The Bertz CT molecular complexity index is 463. The minimum absolute atomic E-state index is 0.154. The fourth-order valence-electron chi connectivity index (χ4n) is 1.70. The Morgan fingerprint density at radius 2 is 2.00 bits per heavy atom. The molecular formula is C15H23N3O3. The van der Waals surface area contributed by atoms with Gasteiger partial charge in [0.2, 0.25) is 0 Å². The van der Waals surface area contributed by atoms with Crippen molar-refractivity contribution in [3.05, 3.63) is 29.8 Å². The van der Waals surface area contributed by atoms with E-state index >= 15 is 0 Å². The molecule has 0 saturated heterocycles. The van der Waals surface area contributed by atoms with Gasteiger partial charge in [-0.2, -0.15) is 0 Å². The molecule has 0 aliphatic rings. The molecule has 116 valence electrons. The minimum Gasteiger partial charge on any atom is -0.382 e. The van der Waals surface area contributed by atoms with E-state index in [9.17, 15) is 9.59 Å². The second-order valence-corrected chi connectivity index (χ2v) is 4.37. The van der Waals surface area contributed by atoms with E-state index in [4.69, 9.17) is 4.74 Å². The zero-order chi connectivity index (χ0) is 15.5. The molecule has 0 spiro atoms. The van der Waals surface area contributed by atoms with Gasteiger partial charge in [0.25, 0.3) is 5.91 Å². The van der Waals surface area contributed by atoms with Gasteiger partial charge in [0.15, 0.2) is 0 Å². The number of urea groups is 1. The normalized spacial score (nSPS) is 10.0. The Balaban J connectivity index is 2.41. The molecular weight excluding hydrogens is 270 g/mol. The number of hydrogen-bond acceptors (Lipinski definition) is 3. The lowest BCUT2D eigenvalue weighted by molar-refractivity contribution is 0.0956. The van der Waals surface area contributed by atoms with E-state index in [0.717, 1.165) is 6.42 Å². The van der Waals surface area contributed by atoms with Crippen LogP contribution in [0.4, 0.5) is 10.5 Å². The predicted molar refractivity (Wildman–Crippen MR) is 82.6 cm³/mol. The van der Waals surface area contributed by atoms with Crippen molar-refractivity contribution in [1.82, 2.24) is 10.6 Å². The number of carbonyl (C=O) groups is 2. The molecule has 0 unspecified atom stereocenters. The number of nitrogens with one attached hydrogen (secondary N) is 3. The third-order valence-electron chi connectivity index (χ3n) is 2.68. The third-order valence-corrected chi connectivity index (χ3v) is 2.68. The molecule has 0 atom stereocenters. The molecule has 1 aromatic carbocycles. The molecule has 1 aromatic rings. The first-order chi connectivity index (χ1) is 10.2. The fourth-order valence-corrected chi connectivity index (χ4v) is 1.70. The number of amides is 3. The maximum absolute atomic E-state index is 11.7. The van der Waals surface area contributed by atoms with Crippen LogP contribution in [0.25, 0.3) is 0 Å². The minimum atomic E-state index is -0.292. The van der Waals surface area contributed by atoms with Crippen LogP contribution in [0.3, 0.4) is 0 Å². The highest BCUT2D eigenvalue weighted by Gasteiger charge is 2.06. The summed E-state index contributed by atoms with van der Waals surface area (Å²) < 4.78 is 5.18. The van der Waals surface area contributed by atoms with Gasteiger partial charge in [-0.15, -0.1) is 0 Å². The van der Waals surface area contributed by atoms with Crippen molar-refractivity contribution in [3.8, 4) is 0 Å². The van der Waals surface area contributed by atoms with Crippen LogP contribution in [-0.4, -0.2) is 38.2 Å². The lowest BCUT2D eigenvalue weighted by atomic mass is 10.2. The van der Waals surface area contributed by atoms with Crippen LogP contribution in [-0.2, 0) is 4.74 Å². The number of ether oxygens (including phenoxy) is 1. The summed E-state index contributed by atoms with van der Waals surface area (Å²) >= 11 is 0. The molecule has 0 aliphatic carbocycles. The molecule has 3 N–H and O–H groups in total. The average Bonchev–Trinajstić information content (AvgIpc) is 2.47. The summed E-state index contributed by atoms with van der Waals surface area (Å²) in [6, 6.07) is 6.53. The Morgan fingerprint density at radius 1 is 1.19 bits per heavy atom. The van der Waals surface area contributed by atoms with E-state index < -0.39 is 0 Å². The van der Waals surface area contributed by atoms with Crippen molar-refractivity contribution in [3.63, 3.8) is 0 Å². The van der Waals surface area contributed by atoms with E-state index in [0.29, 0.717) is 37.6 Å². The molecule has 0 saturated carbocycles. The highest BCUT2D eigenvalue weighted by molar-refractivity contribution is 5.96. The summed E-state index contributed by atoms with van der Waals surface area (Å²) in [6.45, 7) is 6.21. The SMILES string of the molecule is CCNC(=O)c1cccc(NC(=O)NCCCOCC)c1. The Morgan fingerprint density at radius 3 is 2.71 bits per heavy atom. The van der Waals surface area contributed by atoms with Crippen molar-refractivity contribution in [2.75, 3.05) is 31.6 Å². The van der Waals surface area contributed by atoms with Crippen LogP contribution < -0.4 is 16.0 Å². The summed E-state index contributed by atoms with van der Waals surface area (Å²) in [5.74, 6) is -0.154. The molecule has 3 amide bonds. The Kier molecular flexibility index (Phi) is 7.89. The average molecular weight is 293 g/mol. The largest absolute Gasteiger partial charge is 0.382 e. The molecule has 6 nitrogen and oxygen atoms in total. The Labute approximate surface area is 125 Å². The highest BCUT2D eigenvalue weighted by atomic mass is 16.5. The van der Waals surface area contributed by atoms with Gasteiger partial charge in [0.05, 0.1) is 0 Å². The number of hydrogen-bond donors (Lipinski definition) is 3. The number of benzene rings is 1. The van der Waals surface area contributed by atoms with Crippen LogP contribution >= 0.6 is 0 Å². The molecule has 0 aromatic heterocycles. The van der Waals surface area contributed by atoms with E-state index in [1.165, 1.54) is 0 Å². The van der Waals surface area contributed by atoms with Crippen molar-refractivity contribution < 1.29 is 14.3 Å². The quantitative estimate of drug-likeness (QED) is 0.641. The fraction of sp³-hybridized carbons (Fsp3) is 0.467. The highest BCUT2D eigenvalue weighted by Crippen LogP contribution is 2.10. The molecule has 0 radical (unpaired) electrons. The van der Waals surface area contributed by atoms with Crippen LogP contribution in [0.15, 0.2) is 24.3 Å². The third kappa shape index (κ3) is 6.76. The summed E-state index contributed by atoms with van der Waals surface area (Å²) in [5, 5.41) is 8.15. The van der Waals surface area contributed by atoms with Crippen molar-refractivity contribution in [2.24, 2.45) is 0 Å². The molecule has 1 rings (SSSR count). The predicted octanol–water partition coefficient (Wildman–Crippen LogP) is 1.98. The van der Waals surface area contributed by atoms with Crippen LogP contribution in [0.1, 0.15) is 30.6 Å². The van der Waals surface area contributed by atoms with Crippen LogP contribution in [0.5, 0.6) is 0 Å². The number of rotatable bonds is 8. The van der Waals surface area contributed by atoms with Crippen molar-refractivity contribution >= 4 is 17.6 Å². The molecule has 0 aliphatic heterocycles. The second kappa shape index (κ2) is 9.77. The van der Waals surface area contributed by atoms with E-state index in [-0.39, 0.29) is 11.9 Å². The summed E-state index contributed by atoms with van der Waals surface area (Å²) in [6.07, 6.45) is 0.764. The monoisotopic (exact) mass is 293 g/mol. The molecule has 0 bridgehead atoms. The van der Waals surface area contributed by atoms with Crippen LogP contribution in [0.2, 0.25) is 0 Å². The van der Waals surface area contributed by atoms with Crippen molar-refractivity contribution in [2.45, 2.75) is 20.3 Å². The Hall–Kier alpha value is -2.08. The van der Waals surface area contributed by atoms with Gasteiger partial charge >= 0.3 is 6.03 Å². The van der Waals surface area contributed by atoms with E-state index in [1.807, 2.05) is 13.8 Å². The smallest absolute Gasteiger partial charge is 0.319 e. The van der Waals surface area contributed by atoms with Gasteiger partial charge < -0.3 is 20.7 Å². The topological polar surface area (TPSA) is 79.5 Å². The molecule has 0 heterocycles. The van der Waals surface area contributed by atoms with E-state index in [2.05, 4.69) is 16.0 Å². The maximum atomic E-state index is 11.7. The number of carbonyl (C=O) groups excluding carboxylic acids is 2. The lowest BCUT2D eigenvalue weighted by Crippen LogP contribution is -2.30. The maximum Gasteiger partial charge on any atom is 0.319 e. The standard InChI is InChI=1S/C15H23N3O3/c1-3-16-14(19)12-7-5-8-13(11-12)18-15(20)17-9-6-10-21-4-2/h5,7-8,11H,3-4,6,9-10H2,1-2H3,(H,16,19)(H2,17,18,20). The summed E-state index contributed by atoms with van der Waals surface area (Å²) in [7, 11) is 0. The number of anilines is 1. The lowest BCUT2D eigenvalue weighted by Gasteiger charge is -2.09. The van der Waals surface area contributed by atoms with E-state index in [1.54, 1.807) is 24.3 Å². The van der Waals surface area contributed by atoms with Gasteiger partial charge in [0.1, 0.15) is 0 Å². The second-order valence-electron chi connectivity index (χ2n) is 4.37. The molecule has 21 heavy (non-hydrogen) atoms. The van der Waals surface area contributed by atoms with Gasteiger partial charge in [-0.05, 0) is 38.5 Å². The van der Waals surface area contributed by atoms with Gasteiger partial charge in [-0.25, -0.2) is 4.79 Å². The molecule has 0 fully saturated rings.